The van der Waals surface area contributed by atoms with E-state index in [4.69, 9.17) is 5.11 Å². The molecule has 2 aromatic rings. The number of aromatic nitrogens is 2. The monoisotopic (exact) mass is 232 g/mol. The molecule has 2 rings (SSSR count). The molecule has 2 aromatic heterocycles. The normalized spacial score (nSPS) is 10.0. The first-order valence-electron chi connectivity index (χ1n) is 4.54. The molecule has 0 saturated heterocycles. The standard InChI is InChI=1S/C11H8N2O2S/c14-11(15)8-4-3-7-13-10(8)16-9-5-1-2-6-12-9/h1-7H,(H,14,15). The van der Waals surface area contributed by atoms with Gasteiger partial charge >= 0.3 is 5.97 Å². The Kier molecular flexibility index (Phi) is 3.16. The predicted molar refractivity (Wildman–Crippen MR) is 59.6 cm³/mol. The summed E-state index contributed by atoms with van der Waals surface area (Å²) in [7, 11) is 0. The molecule has 5 heteroatoms. The van der Waals surface area contributed by atoms with Gasteiger partial charge in [-0.05, 0) is 36.0 Å². The fraction of sp³-hybridized carbons (Fsp3) is 0. The van der Waals surface area contributed by atoms with Crippen LogP contribution in [0.3, 0.4) is 0 Å². The van der Waals surface area contributed by atoms with Crippen LogP contribution in [0.25, 0.3) is 0 Å². The maximum Gasteiger partial charge on any atom is 0.338 e. The summed E-state index contributed by atoms with van der Waals surface area (Å²) in [6.07, 6.45) is 3.23. The third-order valence-corrected chi connectivity index (χ3v) is 2.81. The van der Waals surface area contributed by atoms with Crippen molar-refractivity contribution in [1.29, 1.82) is 0 Å². The van der Waals surface area contributed by atoms with E-state index in [-0.39, 0.29) is 5.56 Å². The fourth-order valence-corrected chi connectivity index (χ4v) is 1.98. The second kappa shape index (κ2) is 4.76. The van der Waals surface area contributed by atoms with E-state index in [0.29, 0.717) is 5.03 Å². The van der Waals surface area contributed by atoms with Crippen molar-refractivity contribution < 1.29 is 9.90 Å². The van der Waals surface area contributed by atoms with E-state index in [2.05, 4.69) is 9.97 Å². The third kappa shape index (κ3) is 2.38. The molecule has 0 amide bonds. The van der Waals surface area contributed by atoms with E-state index in [1.54, 1.807) is 24.5 Å². The van der Waals surface area contributed by atoms with Crippen molar-refractivity contribution in [2.75, 3.05) is 0 Å². The minimum absolute atomic E-state index is 0.193. The Morgan fingerprint density at radius 2 is 1.94 bits per heavy atom. The molecule has 16 heavy (non-hydrogen) atoms. The Hall–Kier alpha value is -1.88. The Bertz CT molecular complexity index is 502. The van der Waals surface area contributed by atoms with Crippen molar-refractivity contribution in [2.45, 2.75) is 10.1 Å². The highest BCUT2D eigenvalue weighted by atomic mass is 32.2. The Morgan fingerprint density at radius 1 is 1.12 bits per heavy atom. The highest BCUT2D eigenvalue weighted by Gasteiger charge is 2.11. The molecule has 2 heterocycles. The average molecular weight is 232 g/mol. The van der Waals surface area contributed by atoms with Crippen molar-refractivity contribution in [1.82, 2.24) is 9.97 Å². The fourth-order valence-electron chi connectivity index (χ4n) is 1.14. The van der Waals surface area contributed by atoms with E-state index >= 15 is 0 Å². The van der Waals surface area contributed by atoms with E-state index in [0.717, 1.165) is 5.03 Å². The van der Waals surface area contributed by atoms with Crippen LogP contribution in [0.2, 0.25) is 0 Å². The summed E-state index contributed by atoms with van der Waals surface area (Å²) in [6.45, 7) is 0. The highest BCUT2D eigenvalue weighted by molar-refractivity contribution is 7.99. The summed E-state index contributed by atoms with van der Waals surface area (Å²) in [5.74, 6) is -0.980. The van der Waals surface area contributed by atoms with Gasteiger partial charge in [-0.25, -0.2) is 14.8 Å². The number of hydrogen-bond acceptors (Lipinski definition) is 4. The van der Waals surface area contributed by atoms with Crippen LogP contribution in [-0.4, -0.2) is 21.0 Å². The number of aromatic carboxylic acids is 1. The molecule has 0 fully saturated rings. The molecular weight excluding hydrogens is 224 g/mol. The van der Waals surface area contributed by atoms with Gasteiger partial charge in [0.1, 0.15) is 10.1 Å². The molecule has 0 aliphatic carbocycles. The number of carboxylic acids is 1. The molecule has 0 aliphatic heterocycles. The van der Waals surface area contributed by atoms with E-state index < -0.39 is 5.97 Å². The molecular formula is C11H8N2O2S. The summed E-state index contributed by atoms with van der Waals surface area (Å²) in [5, 5.41) is 10.1. The topological polar surface area (TPSA) is 63.1 Å². The third-order valence-electron chi connectivity index (χ3n) is 1.84. The van der Waals surface area contributed by atoms with Crippen LogP contribution in [0.1, 0.15) is 10.4 Å². The van der Waals surface area contributed by atoms with Gasteiger partial charge in [-0.3, -0.25) is 0 Å². The van der Waals surface area contributed by atoms with Gasteiger partial charge in [0.05, 0.1) is 5.56 Å². The predicted octanol–water partition coefficient (Wildman–Crippen LogP) is 2.33. The minimum Gasteiger partial charge on any atom is -0.478 e. The van der Waals surface area contributed by atoms with Gasteiger partial charge in [-0.15, -0.1) is 0 Å². The SMILES string of the molecule is O=C(O)c1cccnc1Sc1ccccn1. The molecule has 4 nitrogen and oxygen atoms in total. The van der Waals surface area contributed by atoms with Crippen molar-refractivity contribution in [3.05, 3.63) is 48.3 Å². The Balaban J connectivity index is 2.31. The van der Waals surface area contributed by atoms with Gasteiger partial charge in [0.15, 0.2) is 0 Å². The van der Waals surface area contributed by atoms with Gasteiger partial charge in [0.2, 0.25) is 0 Å². The summed E-state index contributed by atoms with van der Waals surface area (Å²) >= 11 is 1.24. The quantitative estimate of drug-likeness (QED) is 0.879. The first-order valence-corrected chi connectivity index (χ1v) is 5.36. The zero-order valence-electron chi connectivity index (χ0n) is 8.20. The number of hydrogen-bond donors (Lipinski definition) is 1. The summed E-state index contributed by atoms with van der Waals surface area (Å²) in [4.78, 5) is 19.1. The highest BCUT2D eigenvalue weighted by Crippen LogP contribution is 2.26. The molecule has 80 valence electrons. The number of rotatable bonds is 3. The van der Waals surface area contributed by atoms with Crippen LogP contribution in [0.15, 0.2) is 52.8 Å². The van der Waals surface area contributed by atoms with Crippen molar-refractivity contribution >= 4 is 17.7 Å². The Labute approximate surface area is 96.4 Å². The largest absolute Gasteiger partial charge is 0.478 e. The lowest BCUT2D eigenvalue weighted by atomic mass is 10.3. The zero-order valence-corrected chi connectivity index (χ0v) is 9.02. The minimum atomic E-state index is -0.980. The lowest BCUT2D eigenvalue weighted by Gasteiger charge is -2.02. The van der Waals surface area contributed by atoms with Crippen LogP contribution in [0.5, 0.6) is 0 Å². The molecule has 0 spiro atoms. The summed E-state index contributed by atoms with van der Waals surface area (Å²) < 4.78 is 0. The lowest BCUT2D eigenvalue weighted by molar-refractivity contribution is 0.0692. The first kappa shape index (κ1) is 10.6. The molecule has 0 aromatic carbocycles. The number of carbonyl (C=O) groups is 1. The maximum atomic E-state index is 10.9. The zero-order chi connectivity index (χ0) is 11.4. The average Bonchev–Trinajstić information content (AvgIpc) is 2.31. The maximum absolute atomic E-state index is 10.9. The number of nitrogens with zero attached hydrogens (tertiary/aromatic N) is 2. The Morgan fingerprint density at radius 3 is 2.62 bits per heavy atom. The van der Waals surface area contributed by atoms with E-state index in [1.807, 2.05) is 12.1 Å². The molecule has 0 unspecified atom stereocenters. The number of carboxylic acid groups (broad SMARTS) is 1. The molecule has 0 aliphatic rings. The smallest absolute Gasteiger partial charge is 0.338 e. The molecule has 0 saturated carbocycles. The van der Waals surface area contributed by atoms with E-state index in [1.165, 1.54) is 17.8 Å². The molecule has 1 N–H and O–H groups in total. The van der Waals surface area contributed by atoms with Crippen molar-refractivity contribution in [3.8, 4) is 0 Å². The second-order valence-corrected chi connectivity index (χ2v) is 3.94. The van der Waals surface area contributed by atoms with Crippen LogP contribution < -0.4 is 0 Å². The van der Waals surface area contributed by atoms with Crippen LogP contribution in [0.4, 0.5) is 0 Å². The van der Waals surface area contributed by atoms with Gasteiger partial charge in [-0.2, -0.15) is 0 Å². The van der Waals surface area contributed by atoms with Gasteiger partial charge < -0.3 is 5.11 Å². The summed E-state index contributed by atoms with van der Waals surface area (Å²) in [5.41, 5.74) is 0.193. The second-order valence-electron chi connectivity index (χ2n) is 2.93. The number of pyridine rings is 2. The van der Waals surface area contributed by atoms with Gasteiger partial charge in [-0.1, -0.05) is 6.07 Å². The molecule has 0 radical (unpaired) electrons. The van der Waals surface area contributed by atoms with Crippen molar-refractivity contribution in [2.24, 2.45) is 0 Å². The first-order chi connectivity index (χ1) is 7.77. The van der Waals surface area contributed by atoms with Crippen LogP contribution in [0, 0.1) is 0 Å². The van der Waals surface area contributed by atoms with Crippen LogP contribution in [-0.2, 0) is 0 Å². The van der Waals surface area contributed by atoms with Gasteiger partial charge in [0.25, 0.3) is 0 Å². The van der Waals surface area contributed by atoms with Crippen molar-refractivity contribution in [3.63, 3.8) is 0 Å². The van der Waals surface area contributed by atoms with E-state index in [9.17, 15) is 4.79 Å². The van der Waals surface area contributed by atoms with Gasteiger partial charge in [0, 0.05) is 12.4 Å². The molecule has 0 bridgehead atoms. The lowest BCUT2D eigenvalue weighted by Crippen LogP contribution is -2.00. The molecule has 0 atom stereocenters. The van der Waals surface area contributed by atoms with Crippen LogP contribution >= 0.6 is 11.8 Å². The summed E-state index contributed by atoms with van der Waals surface area (Å²) in [6, 6.07) is 8.59.